The van der Waals surface area contributed by atoms with Gasteiger partial charge in [0.2, 0.25) is 5.91 Å². The summed E-state index contributed by atoms with van der Waals surface area (Å²) in [6.45, 7) is 3.29. The van der Waals surface area contributed by atoms with Gasteiger partial charge in [0.1, 0.15) is 9.97 Å². The van der Waals surface area contributed by atoms with Crippen molar-refractivity contribution in [3.8, 4) is 0 Å². The van der Waals surface area contributed by atoms with Crippen molar-refractivity contribution >= 4 is 38.9 Å². The van der Waals surface area contributed by atoms with Crippen LogP contribution in [0.25, 0.3) is 0 Å². The summed E-state index contributed by atoms with van der Waals surface area (Å²) in [7, 11) is -3.49. The zero-order valence-corrected chi connectivity index (χ0v) is 17.4. The summed E-state index contributed by atoms with van der Waals surface area (Å²) < 4.78 is 32.8. The van der Waals surface area contributed by atoms with Crippen LogP contribution in [0.15, 0.2) is 39.2 Å². The van der Waals surface area contributed by atoms with Crippen molar-refractivity contribution in [2.24, 2.45) is 11.8 Å². The molecule has 0 saturated carbocycles. The highest BCUT2D eigenvalue weighted by Gasteiger charge is 2.34. The zero-order valence-electron chi connectivity index (χ0n) is 15.1. The number of hydrogen-bond acceptors (Lipinski definition) is 5. The van der Waals surface area contributed by atoms with Gasteiger partial charge in [-0.05, 0) is 43.0 Å². The minimum atomic E-state index is -3.49. The van der Waals surface area contributed by atoms with Crippen molar-refractivity contribution < 1.29 is 17.6 Å². The zero-order chi connectivity index (χ0) is 19.4. The van der Waals surface area contributed by atoms with Crippen LogP contribution < -0.4 is 5.32 Å². The predicted octanol–water partition coefficient (Wildman–Crippen LogP) is 3.39. The van der Waals surface area contributed by atoms with E-state index in [2.05, 4.69) is 5.32 Å². The number of piperidine rings is 1. The molecule has 6 nitrogen and oxygen atoms in total. The van der Waals surface area contributed by atoms with Gasteiger partial charge in [-0.2, -0.15) is 4.31 Å². The Labute approximate surface area is 168 Å². The lowest BCUT2D eigenvalue weighted by molar-refractivity contribution is -0.126. The van der Waals surface area contributed by atoms with Crippen molar-refractivity contribution in [1.82, 2.24) is 9.62 Å². The normalized spacial score (nSPS) is 17.7. The second-order valence-corrected chi connectivity index (χ2v) is 10.6. The highest BCUT2D eigenvalue weighted by Crippen LogP contribution is 2.32. The Kier molecular flexibility index (Phi) is 6.62. The Morgan fingerprint density at radius 3 is 2.70 bits per heavy atom. The number of nitrogens with one attached hydrogen (secondary N) is 1. The number of carbonyl (C=O) groups excluding carboxylic acids is 1. The van der Waals surface area contributed by atoms with Crippen LogP contribution in [0, 0.1) is 11.8 Å². The van der Waals surface area contributed by atoms with E-state index in [0.717, 1.165) is 17.1 Å². The number of carbonyl (C=O) groups is 1. The molecule has 148 valence electrons. The van der Waals surface area contributed by atoms with Crippen LogP contribution in [0.4, 0.5) is 0 Å². The first-order chi connectivity index (χ1) is 12.9. The Bertz CT molecular complexity index is 856. The van der Waals surface area contributed by atoms with Crippen molar-refractivity contribution in [1.29, 1.82) is 0 Å². The van der Waals surface area contributed by atoms with E-state index in [1.54, 1.807) is 18.4 Å². The second-order valence-electron chi connectivity index (χ2n) is 6.71. The van der Waals surface area contributed by atoms with Gasteiger partial charge in [0.25, 0.3) is 10.0 Å². The molecule has 1 atom stereocenters. The third-order valence-electron chi connectivity index (χ3n) is 5.01. The third kappa shape index (κ3) is 4.93. The molecular formula is C18H23ClN2O4S2. The molecule has 1 fully saturated rings. The molecular weight excluding hydrogens is 408 g/mol. The minimum Gasteiger partial charge on any atom is -0.469 e. The maximum Gasteiger partial charge on any atom is 0.252 e. The van der Waals surface area contributed by atoms with Crippen LogP contribution >= 0.6 is 22.9 Å². The summed E-state index contributed by atoms with van der Waals surface area (Å²) in [4.78, 5) is 12.4. The van der Waals surface area contributed by atoms with Crippen LogP contribution in [-0.4, -0.2) is 38.3 Å². The lowest BCUT2D eigenvalue weighted by atomic mass is 9.85. The van der Waals surface area contributed by atoms with Crippen molar-refractivity contribution in [2.45, 2.75) is 30.4 Å². The molecule has 0 aromatic carbocycles. The lowest BCUT2D eigenvalue weighted by Crippen LogP contribution is -2.42. The van der Waals surface area contributed by atoms with E-state index in [1.165, 1.54) is 4.31 Å². The monoisotopic (exact) mass is 430 g/mol. The quantitative estimate of drug-likeness (QED) is 0.730. The van der Waals surface area contributed by atoms with Crippen LogP contribution in [-0.2, 0) is 21.2 Å². The molecule has 9 heteroatoms. The molecule has 2 aromatic heterocycles. The SMILES string of the molecule is C[C@@H](C(=O)NCCc1ccco1)C1CCN(S(=O)(=O)c2ccc(Cl)s2)CC1. The number of hydrogen-bond donors (Lipinski definition) is 1. The molecule has 3 rings (SSSR count). The van der Waals surface area contributed by atoms with Gasteiger partial charge in [0.15, 0.2) is 0 Å². The van der Waals surface area contributed by atoms with Gasteiger partial charge in [0, 0.05) is 32.0 Å². The number of rotatable bonds is 7. The van der Waals surface area contributed by atoms with E-state index in [1.807, 2.05) is 19.1 Å². The summed E-state index contributed by atoms with van der Waals surface area (Å²) in [5.74, 6) is 0.873. The topological polar surface area (TPSA) is 79.6 Å². The fraction of sp³-hybridized carbons (Fsp3) is 0.500. The molecule has 1 saturated heterocycles. The van der Waals surface area contributed by atoms with E-state index >= 15 is 0 Å². The second kappa shape index (κ2) is 8.77. The van der Waals surface area contributed by atoms with E-state index in [-0.39, 0.29) is 22.0 Å². The van der Waals surface area contributed by atoms with Gasteiger partial charge >= 0.3 is 0 Å². The molecule has 0 aliphatic carbocycles. The molecule has 1 aliphatic rings. The van der Waals surface area contributed by atoms with Crippen molar-refractivity contribution in [3.05, 3.63) is 40.6 Å². The lowest BCUT2D eigenvalue weighted by Gasteiger charge is -2.33. The van der Waals surface area contributed by atoms with Gasteiger partial charge in [-0.15, -0.1) is 11.3 Å². The molecule has 0 unspecified atom stereocenters. The largest absolute Gasteiger partial charge is 0.469 e. The maximum atomic E-state index is 12.7. The van der Waals surface area contributed by atoms with E-state index in [0.29, 0.717) is 43.2 Å². The fourth-order valence-electron chi connectivity index (χ4n) is 3.32. The molecule has 0 bridgehead atoms. The van der Waals surface area contributed by atoms with Gasteiger partial charge in [-0.1, -0.05) is 18.5 Å². The van der Waals surface area contributed by atoms with Gasteiger partial charge < -0.3 is 9.73 Å². The minimum absolute atomic E-state index is 0.00732. The molecule has 1 aliphatic heterocycles. The molecule has 2 aromatic rings. The molecule has 1 amide bonds. The summed E-state index contributed by atoms with van der Waals surface area (Å²) in [5.41, 5.74) is 0. The molecule has 1 N–H and O–H groups in total. The summed E-state index contributed by atoms with van der Waals surface area (Å²) in [5, 5.41) is 2.94. The third-order valence-corrected chi connectivity index (χ3v) is 8.61. The Hall–Kier alpha value is -1.35. The molecule has 0 spiro atoms. The summed E-state index contributed by atoms with van der Waals surface area (Å²) in [6, 6.07) is 6.85. The molecule has 3 heterocycles. The Morgan fingerprint density at radius 2 is 2.11 bits per heavy atom. The van der Waals surface area contributed by atoms with E-state index in [4.69, 9.17) is 16.0 Å². The molecule has 0 radical (unpaired) electrons. The van der Waals surface area contributed by atoms with E-state index < -0.39 is 10.0 Å². The first kappa shape index (κ1) is 20.4. The van der Waals surface area contributed by atoms with Crippen molar-refractivity contribution in [2.75, 3.05) is 19.6 Å². The Morgan fingerprint density at radius 1 is 1.37 bits per heavy atom. The Balaban J connectivity index is 1.48. The standard InChI is InChI=1S/C18H23ClN2O4S2/c1-13(18(22)20-9-6-15-3-2-12-25-15)14-7-10-21(11-8-14)27(23,24)17-5-4-16(19)26-17/h2-5,12-14H,6-11H2,1H3,(H,20,22)/t13-/m1/s1. The first-order valence-corrected chi connectivity index (χ1v) is 11.6. The van der Waals surface area contributed by atoms with Crippen molar-refractivity contribution in [3.63, 3.8) is 0 Å². The number of sulfonamides is 1. The summed E-state index contributed by atoms with van der Waals surface area (Å²) >= 11 is 6.94. The van der Waals surface area contributed by atoms with Crippen LogP contribution in [0.1, 0.15) is 25.5 Å². The van der Waals surface area contributed by atoms with Crippen LogP contribution in [0.3, 0.4) is 0 Å². The number of halogens is 1. The number of nitrogens with zero attached hydrogens (tertiary/aromatic N) is 1. The predicted molar refractivity (Wildman–Crippen MR) is 105 cm³/mol. The fourth-order valence-corrected chi connectivity index (χ4v) is 6.43. The number of furan rings is 1. The maximum absolute atomic E-state index is 12.7. The van der Waals surface area contributed by atoms with Gasteiger partial charge in [-0.3, -0.25) is 4.79 Å². The average Bonchev–Trinajstić information content (AvgIpc) is 3.33. The number of amides is 1. The van der Waals surface area contributed by atoms with E-state index in [9.17, 15) is 13.2 Å². The van der Waals surface area contributed by atoms with Gasteiger partial charge in [0.05, 0.1) is 10.6 Å². The summed E-state index contributed by atoms with van der Waals surface area (Å²) in [6.07, 6.45) is 3.62. The first-order valence-electron chi connectivity index (χ1n) is 8.93. The van der Waals surface area contributed by atoms with Gasteiger partial charge in [-0.25, -0.2) is 8.42 Å². The average molecular weight is 431 g/mol. The smallest absolute Gasteiger partial charge is 0.252 e. The van der Waals surface area contributed by atoms with Crippen LogP contribution in [0.5, 0.6) is 0 Å². The highest BCUT2D eigenvalue weighted by atomic mass is 35.5. The van der Waals surface area contributed by atoms with Crippen LogP contribution in [0.2, 0.25) is 4.34 Å². The molecule has 27 heavy (non-hydrogen) atoms. The number of thiophene rings is 1. The highest BCUT2D eigenvalue weighted by molar-refractivity contribution is 7.91.